The number of aryl methyl sites for hydroxylation is 1. The summed E-state index contributed by atoms with van der Waals surface area (Å²) in [4.78, 5) is 9.06. The third-order valence-electron chi connectivity index (χ3n) is 4.15. The van der Waals surface area contributed by atoms with Gasteiger partial charge in [0.15, 0.2) is 17.3 Å². The van der Waals surface area contributed by atoms with Crippen LogP contribution in [0.5, 0.6) is 0 Å². The van der Waals surface area contributed by atoms with Crippen LogP contribution in [0, 0.1) is 5.82 Å². The second kappa shape index (κ2) is 5.84. The van der Waals surface area contributed by atoms with Gasteiger partial charge in [-0.25, -0.2) is 23.6 Å². The number of benzene rings is 1. The van der Waals surface area contributed by atoms with E-state index in [0.29, 0.717) is 28.6 Å². The number of fused-ring (bicyclic) bond motifs is 1. The lowest BCUT2D eigenvalue weighted by molar-refractivity contribution is 0.628. The smallest absolute Gasteiger partial charge is 0.184 e. The Morgan fingerprint density at radius 1 is 1.00 bits per heavy atom. The largest absolute Gasteiger partial charge is 0.274 e. The Labute approximate surface area is 152 Å². The van der Waals surface area contributed by atoms with Crippen molar-refractivity contribution in [3.05, 3.63) is 67.0 Å². The summed E-state index contributed by atoms with van der Waals surface area (Å²) < 4.78 is 18.3. The first-order valence-corrected chi connectivity index (χ1v) is 8.20. The van der Waals surface area contributed by atoms with Gasteiger partial charge in [-0.05, 0) is 36.4 Å². The molecule has 0 saturated carbocycles. The molecular formula is C18H13FN8. The first kappa shape index (κ1) is 15.4. The second-order valence-corrected chi connectivity index (χ2v) is 5.99. The number of rotatable bonds is 3. The highest BCUT2D eigenvalue weighted by Crippen LogP contribution is 2.25. The standard InChI is InChI=1S/C18H13FN8/c1-25-11-14(9-22-25)26-18(15-10-20-16-3-2-8-21-27(15)16)23-17(24-26)12-4-6-13(19)7-5-12/h2-11H,1H3. The molecule has 0 aliphatic carbocycles. The summed E-state index contributed by atoms with van der Waals surface area (Å²) in [6, 6.07) is 9.75. The molecule has 0 amide bonds. The first-order chi connectivity index (χ1) is 13.2. The zero-order valence-corrected chi connectivity index (χ0v) is 14.2. The molecule has 1 aromatic carbocycles. The summed E-state index contributed by atoms with van der Waals surface area (Å²) in [5.74, 6) is 0.727. The minimum atomic E-state index is -0.309. The highest BCUT2D eigenvalue weighted by atomic mass is 19.1. The molecule has 0 unspecified atom stereocenters. The number of halogens is 1. The van der Waals surface area contributed by atoms with Crippen LogP contribution in [0.1, 0.15) is 0 Å². The van der Waals surface area contributed by atoms with Gasteiger partial charge in [0.05, 0.1) is 18.6 Å². The molecular weight excluding hydrogens is 347 g/mol. The van der Waals surface area contributed by atoms with Gasteiger partial charge in [-0.15, -0.1) is 5.10 Å². The third-order valence-corrected chi connectivity index (χ3v) is 4.15. The monoisotopic (exact) mass is 360 g/mol. The highest BCUT2D eigenvalue weighted by molar-refractivity contribution is 5.63. The van der Waals surface area contributed by atoms with Crippen LogP contribution < -0.4 is 0 Å². The van der Waals surface area contributed by atoms with Crippen LogP contribution in [-0.4, -0.2) is 39.1 Å². The fourth-order valence-electron chi connectivity index (χ4n) is 2.88. The maximum absolute atomic E-state index is 13.3. The molecule has 0 fully saturated rings. The van der Waals surface area contributed by atoms with Gasteiger partial charge >= 0.3 is 0 Å². The average molecular weight is 360 g/mol. The van der Waals surface area contributed by atoms with Crippen molar-refractivity contribution < 1.29 is 4.39 Å². The first-order valence-electron chi connectivity index (χ1n) is 8.20. The molecule has 27 heavy (non-hydrogen) atoms. The minimum absolute atomic E-state index is 0.309. The normalized spacial score (nSPS) is 11.3. The topological polar surface area (TPSA) is 78.7 Å². The molecule has 0 atom stereocenters. The van der Waals surface area contributed by atoms with Gasteiger partial charge in [-0.1, -0.05) is 0 Å². The molecule has 0 radical (unpaired) electrons. The van der Waals surface area contributed by atoms with E-state index in [4.69, 9.17) is 0 Å². The van der Waals surface area contributed by atoms with E-state index in [1.165, 1.54) is 12.1 Å². The predicted molar refractivity (Wildman–Crippen MR) is 95.5 cm³/mol. The molecule has 0 N–H and O–H groups in total. The van der Waals surface area contributed by atoms with E-state index in [1.807, 2.05) is 25.4 Å². The van der Waals surface area contributed by atoms with Crippen molar-refractivity contribution in [2.24, 2.45) is 7.05 Å². The van der Waals surface area contributed by atoms with Gasteiger partial charge in [-0.3, -0.25) is 4.68 Å². The van der Waals surface area contributed by atoms with Crippen molar-refractivity contribution >= 4 is 5.65 Å². The van der Waals surface area contributed by atoms with Gasteiger partial charge in [0.2, 0.25) is 0 Å². The van der Waals surface area contributed by atoms with Crippen molar-refractivity contribution in [1.29, 1.82) is 0 Å². The molecule has 0 aliphatic heterocycles. The van der Waals surface area contributed by atoms with Crippen molar-refractivity contribution in [2.45, 2.75) is 0 Å². The van der Waals surface area contributed by atoms with E-state index < -0.39 is 0 Å². The molecule has 0 saturated heterocycles. The number of nitrogens with zero attached hydrogens (tertiary/aromatic N) is 8. The molecule has 9 heteroatoms. The lowest BCUT2D eigenvalue weighted by Gasteiger charge is -2.02. The predicted octanol–water partition coefficient (Wildman–Crippen LogP) is 2.52. The Balaban J connectivity index is 1.74. The van der Waals surface area contributed by atoms with Crippen molar-refractivity contribution in [1.82, 2.24) is 39.1 Å². The van der Waals surface area contributed by atoms with E-state index >= 15 is 0 Å². The lowest BCUT2D eigenvalue weighted by Crippen LogP contribution is -2.01. The molecule has 0 spiro atoms. The van der Waals surface area contributed by atoms with Crippen molar-refractivity contribution in [3.8, 4) is 28.6 Å². The molecule has 132 valence electrons. The number of hydrogen-bond donors (Lipinski definition) is 0. The average Bonchev–Trinajstić information content (AvgIpc) is 3.39. The quantitative estimate of drug-likeness (QED) is 0.494. The summed E-state index contributed by atoms with van der Waals surface area (Å²) in [7, 11) is 1.83. The number of aromatic nitrogens is 8. The molecule has 4 aromatic heterocycles. The Kier molecular flexibility index (Phi) is 3.32. The third kappa shape index (κ3) is 2.56. The van der Waals surface area contributed by atoms with Crippen LogP contribution in [0.25, 0.3) is 34.2 Å². The Bertz CT molecular complexity index is 1250. The fourth-order valence-corrected chi connectivity index (χ4v) is 2.88. The summed E-state index contributed by atoms with van der Waals surface area (Å²) >= 11 is 0. The molecule has 0 aliphatic rings. The summed E-state index contributed by atoms with van der Waals surface area (Å²) in [6.45, 7) is 0. The Morgan fingerprint density at radius 2 is 1.85 bits per heavy atom. The van der Waals surface area contributed by atoms with Gasteiger partial charge in [0, 0.05) is 18.8 Å². The summed E-state index contributed by atoms with van der Waals surface area (Å²) in [5.41, 5.74) is 2.85. The molecule has 4 heterocycles. The molecule has 5 aromatic rings. The maximum Gasteiger partial charge on any atom is 0.184 e. The van der Waals surface area contributed by atoms with Gasteiger partial charge in [0.1, 0.15) is 17.2 Å². The summed E-state index contributed by atoms with van der Waals surface area (Å²) in [5, 5.41) is 13.2. The van der Waals surface area contributed by atoms with Crippen LogP contribution in [0.3, 0.4) is 0 Å². The van der Waals surface area contributed by atoms with E-state index in [-0.39, 0.29) is 5.82 Å². The van der Waals surface area contributed by atoms with E-state index in [0.717, 1.165) is 5.69 Å². The number of hydrogen-bond acceptors (Lipinski definition) is 5. The van der Waals surface area contributed by atoms with Crippen molar-refractivity contribution in [2.75, 3.05) is 0 Å². The summed E-state index contributed by atoms with van der Waals surface area (Å²) in [6.07, 6.45) is 6.92. The second-order valence-electron chi connectivity index (χ2n) is 5.99. The molecule has 8 nitrogen and oxygen atoms in total. The fraction of sp³-hybridized carbons (Fsp3) is 0.0556. The van der Waals surface area contributed by atoms with Crippen LogP contribution >= 0.6 is 0 Å². The van der Waals surface area contributed by atoms with Crippen LogP contribution in [0.4, 0.5) is 4.39 Å². The van der Waals surface area contributed by atoms with E-state index in [9.17, 15) is 4.39 Å². The minimum Gasteiger partial charge on any atom is -0.274 e. The molecule has 5 rings (SSSR count). The zero-order valence-electron chi connectivity index (χ0n) is 14.2. The lowest BCUT2D eigenvalue weighted by atomic mass is 10.2. The van der Waals surface area contributed by atoms with Crippen LogP contribution in [0.15, 0.2) is 61.2 Å². The number of imidazole rings is 1. The van der Waals surface area contributed by atoms with Gasteiger partial charge in [0.25, 0.3) is 0 Å². The van der Waals surface area contributed by atoms with Gasteiger partial charge < -0.3 is 0 Å². The Morgan fingerprint density at radius 3 is 2.63 bits per heavy atom. The van der Waals surface area contributed by atoms with E-state index in [2.05, 4.69) is 25.3 Å². The van der Waals surface area contributed by atoms with Crippen LogP contribution in [-0.2, 0) is 7.05 Å². The van der Waals surface area contributed by atoms with Crippen molar-refractivity contribution in [3.63, 3.8) is 0 Å². The van der Waals surface area contributed by atoms with Gasteiger partial charge in [-0.2, -0.15) is 10.2 Å². The highest BCUT2D eigenvalue weighted by Gasteiger charge is 2.19. The molecule has 0 bridgehead atoms. The SMILES string of the molecule is Cn1cc(-n2nc(-c3ccc(F)cc3)nc2-c2cnc3cccnn23)cn1. The maximum atomic E-state index is 13.3. The Hall–Kier alpha value is -3.88. The zero-order chi connectivity index (χ0) is 18.4. The van der Waals surface area contributed by atoms with Crippen LogP contribution in [0.2, 0.25) is 0 Å². The van der Waals surface area contributed by atoms with E-state index in [1.54, 1.807) is 44.6 Å².